The maximum atomic E-state index is 6.40. The van der Waals surface area contributed by atoms with Crippen LogP contribution in [-0.2, 0) is 14.2 Å². The fourth-order valence-corrected chi connectivity index (χ4v) is 3.54. The molecule has 18 heavy (non-hydrogen) atoms. The Labute approximate surface area is 109 Å². The summed E-state index contributed by atoms with van der Waals surface area (Å²) in [6.45, 7) is 5.80. The zero-order chi connectivity index (χ0) is 12.6. The van der Waals surface area contributed by atoms with E-state index in [1.54, 1.807) is 0 Å². The highest BCUT2D eigenvalue weighted by molar-refractivity contribution is 5.30. The van der Waals surface area contributed by atoms with Crippen LogP contribution < -0.4 is 0 Å². The maximum Gasteiger partial charge on any atom is 0.169 e. The summed E-state index contributed by atoms with van der Waals surface area (Å²) in [6.07, 6.45) is 9.12. The van der Waals surface area contributed by atoms with Crippen LogP contribution in [0.5, 0.6) is 0 Å². The lowest BCUT2D eigenvalue weighted by Crippen LogP contribution is -2.40. The smallest absolute Gasteiger partial charge is 0.169 e. The Morgan fingerprint density at radius 1 is 1.50 bits per heavy atom. The summed E-state index contributed by atoms with van der Waals surface area (Å²) in [7, 11) is 0. The summed E-state index contributed by atoms with van der Waals surface area (Å²) in [5, 5.41) is 0. The first-order valence-electron chi connectivity index (χ1n) is 7.34. The fraction of sp³-hybridized carbons (Fsp3) is 0.867. The van der Waals surface area contributed by atoms with Crippen LogP contribution in [0.1, 0.15) is 52.4 Å². The van der Waals surface area contributed by atoms with Crippen molar-refractivity contribution < 1.29 is 14.2 Å². The van der Waals surface area contributed by atoms with Crippen molar-refractivity contribution in [3.63, 3.8) is 0 Å². The van der Waals surface area contributed by atoms with Gasteiger partial charge in [-0.25, -0.2) is 0 Å². The molecule has 1 aliphatic carbocycles. The Morgan fingerprint density at radius 3 is 3.22 bits per heavy atom. The molecule has 0 bridgehead atoms. The van der Waals surface area contributed by atoms with Crippen LogP contribution in [-0.4, -0.2) is 30.7 Å². The van der Waals surface area contributed by atoms with Gasteiger partial charge in [-0.1, -0.05) is 19.4 Å². The molecule has 1 spiro atoms. The molecule has 3 nitrogen and oxygen atoms in total. The average molecular weight is 252 g/mol. The van der Waals surface area contributed by atoms with Gasteiger partial charge in [0.2, 0.25) is 0 Å². The third-order valence-corrected chi connectivity index (χ3v) is 4.51. The molecule has 0 aromatic heterocycles. The highest BCUT2D eigenvalue weighted by atomic mass is 16.7. The Morgan fingerprint density at radius 2 is 2.39 bits per heavy atom. The number of hydrogen-bond acceptors (Lipinski definition) is 3. The van der Waals surface area contributed by atoms with E-state index in [9.17, 15) is 0 Å². The van der Waals surface area contributed by atoms with Crippen LogP contribution in [0.15, 0.2) is 11.6 Å². The Balaban J connectivity index is 1.73. The van der Waals surface area contributed by atoms with E-state index >= 15 is 0 Å². The Hall–Kier alpha value is -0.380. The van der Waals surface area contributed by atoms with Crippen molar-refractivity contribution in [1.82, 2.24) is 0 Å². The van der Waals surface area contributed by atoms with Crippen molar-refractivity contribution in [1.29, 1.82) is 0 Å². The summed E-state index contributed by atoms with van der Waals surface area (Å²) in [4.78, 5) is 0. The van der Waals surface area contributed by atoms with Gasteiger partial charge in [-0.05, 0) is 38.2 Å². The van der Waals surface area contributed by atoms with E-state index in [1.807, 2.05) is 0 Å². The van der Waals surface area contributed by atoms with Gasteiger partial charge in [0.15, 0.2) is 5.79 Å². The van der Waals surface area contributed by atoms with Gasteiger partial charge in [-0.3, -0.25) is 0 Å². The van der Waals surface area contributed by atoms with Crippen molar-refractivity contribution in [3.05, 3.63) is 11.6 Å². The van der Waals surface area contributed by atoms with Crippen LogP contribution in [0.4, 0.5) is 0 Å². The molecule has 0 unspecified atom stereocenters. The Kier molecular flexibility index (Phi) is 3.25. The molecule has 3 heteroatoms. The predicted octanol–water partition coefficient (Wildman–Crippen LogP) is 3.19. The number of allylic oxidation sites excluding steroid dienone is 1. The minimum atomic E-state index is -0.448. The van der Waals surface area contributed by atoms with E-state index in [0.717, 1.165) is 38.9 Å². The monoisotopic (exact) mass is 252 g/mol. The zero-order valence-corrected chi connectivity index (χ0v) is 11.5. The van der Waals surface area contributed by atoms with Gasteiger partial charge < -0.3 is 14.2 Å². The molecule has 0 aromatic rings. The van der Waals surface area contributed by atoms with E-state index in [2.05, 4.69) is 19.9 Å². The van der Waals surface area contributed by atoms with E-state index in [0.29, 0.717) is 0 Å². The second-order valence-corrected chi connectivity index (χ2v) is 5.95. The molecule has 3 aliphatic rings. The van der Waals surface area contributed by atoms with Crippen LogP contribution >= 0.6 is 0 Å². The molecule has 0 N–H and O–H groups in total. The van der Waals surface area contributed by atoms with E-state index < -0.39 is 5.79 Å². The van der Waals surface area contributed by atoms with Crippen molar-refractivity contribution in [2.24, 2.45) is 0 Å². The molecule has 0 saturated carbocycles. The Bertz CT molecular complexity index is 352. The maximum absolute atomic E-state index is 6.40. The summed E-state index contributed by atoms with van der Waals surface area (Å²) >= 11 is 0. The molecule has 3 atom stereocenters. The van der Waals surface area contributed by atoms with Gasteiger partial charge >= 0.3 is 0 Å². The summed E-state index contributed by atoms with van der Waals surface area (Å²) < 4.78 is 18.3. The molecular weight excluding hydrogens is 228 g/mol. The highest BCUT2D eigenvalue weighted by Gasteiger charge is 2.60. The van der Waals surface area contributed by atoms with Crippen molar-refractivity contribution in [2.75, 3.05) is 13.2 Å². The molecule has 0 aromatic carbocycles. The normalized spacial score (nSPS) is 42.6. The van der Waals surface area contributed by atoms with E-state index in [-0.39, 0.29) is 11.7 Å². The molecule has 2 heterocycles. The van der Waals surface area contributed by atoms with Gasteiger partial charge in [0.1, 0.15) is 5.60 Å². The summed E-state index contributed by atoms with van der Waals surface area (Å²) in [5.74, 6) is -0.448. The highest BCUT2D eigenvalue weighted by Crippen LogP contribution is 2.52. The second-order valence-electron chi connectivity index (χ2n) is 5.95. The number of ether oxygens (including phenoxy) is 3. The predicted molar refractivity (Wildman–Crippen MR) is 69.4 cm³/mol. The summed E-state index contributed by atoms with van der Waals surface area (Å²) in [5.41, 5.74) is 1.21. The molecule has 2 saturated heterocycles. The largest absolute Gasteiger partial charge is 0.370 e. The molecule has 102 valence electrons. The third-order valence-electron chi connectivity index (χ3n) is 4.51. The lowest BCUT2D eigenvalue weighted by atomic mass is 9.81. The minimum Gasteiger partial charge on any atom is -0.370 e. The van der Waals surface area contributed by atoms with E-state index in [4.69, 9.17) is 14.2 Å². The van der Waals surface area contributed by atoms with Gasteiger partial charge in [0.05, 0.1) is 19.3 Å². The van der Waals surface area contributed by atoms with Gasteiger partial charge in [0.25, 0.3) is 0 Å². The lowest BCUT2D eigenvalue weighted by Gasteiger charge is -2.34. The quantitative estimate of drug-likeness (QED) is 0.568. The molecule has 3 rings (SSSR count). The first-order chi connectivity index (χ1) is 8.69. The molecule has 0 radical (unpaired) electrons. The average Bonchev–Trinajstić information content (AvgIpc) is 2.80. The van der Waals surface area contributed by atoms with Crippen LogP contribution in [0.2, 0.25) is 0 Å². The second kappa shape index (κ2) is 4.62. The van der Waals surface area contributed by atoms with Crippen LogP contribution in [0, 0.1) is 0 Å². The first-order valence-corrected chi connectivity index (χ1v) is 7.34. The number of rotatable bonds is 4. The van der Waals surface area contributed by atoms with Gasteiger partial charge in [0, 0.05) is 6.42 Å². The van der Waals surface area contributed by atoms with Crippen molar-refractivity contribution >= 4 is 0 Å². The minimum absolute atomic E-state index is 0.154. The lowest BCUT2D eigenvalue weighted by molar-refractivity contribution is -0.235. The van der Waals surface area contributed by atoms with E-state index in [1.165, 1.54) is 18.4 Å². The standard InChI is InChI=1S/C15H24O3/c1-3-4-9-17-14(2)10-13-15(18-14)8-6-5-7-12(15)11-16-13/h7,13H,3-6,8-11H2,1-2H3/t13-,14-,15-/m0/s1. The topological polar surface area (TPSA) is 27.7 Å². The third kappa shape index (κ3) is 1.93. The van der Waals surface area contributed by atoms with Crippen molar-refractivity contribution in [2.45, 2.75) is 69.9 Å². The molecule has 2 aliphatic heterocycles. The summed E-state index contributed by atoms with van der Waals surface area (Å²) in [6, 6.07) is 0. The zero-order valence-electron chi connectivity index (χ0n) is 11.5. The molecule has 0 amide bonds. The van der Waals surface area contributed by atoms with Crippen LogP contribution in [0.25, 0.3) is 0 Å². The number of hydrogen-bond donors (Lipinski definition) is 0. The van der Waals surface area contributed by atoms with Gasteiger partial charge in [-0.15, -0.1) is 0 Å². The van der Waals surface area contributed by atoms with Gasteiger partial charge in [-0.2, -0.15) is 0 Å². The first kappa shape index (κ1) is 12.6. The van der Waals surface area contributed by atoms with Crippen molar-refractivity contribution in [3.8, 4) is 0 Å². The number of unbranched alkanes of at least 4 members (excludes halogenated alkanes) is 1. The SMILES string of the molecule is CCCCO[C@]1(C)C[C@@H]2OCC3=CCCC[C@]32O1. The van der Waals surface area contributed by atoms with Crippen LogP contribution in [0.3, 0.4) is 0 Å². The molecular formula is C15H24O3. The fourth-order valence-electron chi connectivity index (χ4n) is 3.54. The molecule has 2 fully saturated rings.